The third kappa shape index (κ3) is 6.04. The number of furan rings is 1. The number of hydrogen-bond donors (Lipinski definition) is 0. The molecule has 1 aromatic heterocycles. The van der Waals surface area contributed by atoms with Crippen LogP contribution in [0.2, 0.25) is 0 Å². The van der Waals surface area contributed by atoms with Crippen molar-refractivity contribution in [2.45, 2.75) is 39.5 Å². The lowest BCUT2D eigenvalue weighted by molar-refractivity contribution is -0.0507. The molecule has 1 aliphatic rings. The quantitative estimate of drug-likeness (QED) is 0.675. The summed E-state index contributed by atoms with van der Waals surface area (Å²) in [4.78, 5) is 4.63. The van der Waals surface area contributed by atoms with Crippen molar-refractivity contribution >= 4 is 0 Å². The summed E-state index contributed by atoms with van der Waals surface area (Å²) in [6.07, 6.45) is 2.28. The van der Waals surface area contributed by atoms with Crippen molar-refractivity contribution in [1.29, 1.82) is 0 Å². The van der Waals surface area contributed by atoms with Gasteiger partial charge in [-0.25, -0.2) is 0 Å². The number of piperidine rings is 1. The van der Waals surface area contributed by atoms with Gasteiger partial charge in [0.25, 0.3) is 0 Å². The predicted octanol–water partition coefficient (Wildman–Crippen LogP) is 4.53. The number of para-hydroxylation sites is 1. The highest BCUT2D eigenvalue weighted by atomic mass is 19.3. The molecule has 2 aromatic rings. The van der Waals surface area contributed by atoms with E-state index in [2.05, 4.69) is 14.5 Å². The number of benzene rings is 1. The molecule has 0 amide bonds. The van der Waals surface area contributed by atoms with Gasteiger partial charge in [0, 0.05) is 18.7 Å². The van der Waals surface area contributed by atoms with Gasteiger partial charge in [0.1, 0.15) is 17.3 Å². The topological polar surface area (TPSA) is 28.9 Å². The zero-order valence-electron chi connectivity index (χ0n) is 16.0. The van der Waals surface area contributed by atoms with E-state index < -0.39 is 6.61 Å². The number of hydrogen-bond acceptors (Lipinski definition) is 4. The van der Waals surface area contributed by atoms with E-state index in [0.29, 0.717) is 12.5 Å². The van der Waals surface area contributed by atoms with E-state index in [-0.39, 0.29) is 5.75 Å². The first-order valence-corrected chi connectivity index (χ1v) is 9.48. The van der Waals surface area contributed by atoms with Crippen LogP contribution in [0.15, 0.2) is 40.8 Å². The zero-order chi connectivity index (χ0) is 19.2. The van der Waals surface area contributed by atoms with Crippen LogP contribution in [0.1, 0.15) is 29.9 Å². The van der Waals surface area contributed by atoms with E-state index in [0.717, 1.165) is 56.1 Å². The van der Waals surface area contributed by atoms with Crippen LogP contribution in [0.5, 0.6) is 5.75 Å². The van der Waals surface area contributed by atoms with Crippen molar-refractivity contribution in [3.63, 3.8) is 0 Å². The summed E-state index contributed by atoms with van der Waals surface area (Å²) < 4.78 is 35.4. The molecule has 4 nitrogen and oxygen atoms in total. The second-order valence-electron chi connectivity index (χ2n) is 7.41. The Morgan fingerprint density at radius 3 is 2.59 bits per heavy atom. The SMILES string of the molecule is Cc1ccc(CN2CCC(CN(C)Cc3ccccc3OC(F)F)CC2)o1. The molecule has 0 N–H and O–H groups in total. The molecule has 0 bridgehead atoms. The molecule has 1 aliphatic heterocycles. The van der Waals surface area contributed by atoms with E-state index in [1.54, 1.807) is 12.1 Å². The Kier molecular flexibility index (Phi) is 6.85. The van der Waals surface area contributed by atoms with E-state index >= 15 is 0 Å². The number of alkyl halides is 2. The Balaban J connectivity index is 1.45. The van der Waals surface area contributed by atoms with E-state index in [1.165, 1.54) is 0 Å². The first kappa shape index (κ1) is 19.8. The minimum absolute atomic E-state index is 0.267. The summed E-state index contributed by atoms with van der Waals surface area (Å²) in [5, 5.41) is 0. The van der Waals surface area contributed by atoms with Crippen LogP contribution in [0, 0.1) is 12.8 Å². The summed E-state index contributed by atoms with van der Waals surface area (Å²) in [7, 11) is 2.04. The summed E-state index contributed by atoms with van der Waals surface area (Å²) in [6.45, 7) is 3.72. The van der Waals surface area contributed by atoms with Crippen LogP contribution in [0.4, 0.5) is 8.78 Å². The Labute approximate surface area is 159 Å². The van der Waals surface area contributed by atoms with Crippen LogP contribution >= 0.6 is 0 Å². The van der Waals surface area contributed by atoms with Gasteiger partial charge in [0.05, 0.1) is 6.54 Å². The van der Waals surface area contributed by atoms with Gasteiger partial charge in [-0.15, -0.1) is 0 Å². The lowest BCUT2D eigenvalue weighted by Crippen LogP contribution is -2.37. The Morgan fingerprint density at radius 2 is 1.93 bits per heavy atom. The number of rotatable bonds is 8. The van der Waals surface area contributed by atoms with Crippen molar-refractivity contribution < 1.29 is 17.9 Å². The summed E-state index contributed by atoms with van der Waals surface area (Å²) in [5.41, 5.74) is 0.797. The molecule has 1 aromatic carbocycles. The van der Waals surface area contributed by atoms with Crippen LogP contribution < -0.4 is 4.74 Å². The van der Waals surface area contributed by atoms with Gasteiger partial charge in [-0.1, -0.05) is 18.2 Å². The molecule has 0 atom stereocenters. The molecule has 0 aliphatic carbocycles. The largest absolute Gasteiger partial charge is 0.465 e. The van der Waals surface area contributed by atoms with Crippen LogP contribution in [-0.4, -0.2) is 43.1 Å². The standard InChI is InChI=1S/C21H28F2N2O2/c1-16-7-8-19(26-16)15-25-11-9-17(10-12-25)13-24(2)14-18-5-3-4-6-20(18)27-21(22)23/h3-8,17,21H,9-15H2,1-2H3. The molecule has 1 saturated heterocycles. The molecule has 148 valence electrons. The normalized spacial score (nSPS) is 16.4. The van der Waals surface area contributed by atoms with Gasteiger partial charge in [-0.05, 0) is 64.0 Å². The van der Waals surface area contributed by atoms with E-state index in [1.807, 2.05) is 38.2 Å². The highest BCUT2D eigenvalue weighted by molar-refractivity contribution is 5.33. The Morgan fingerprint density at radius 1 is 1.19 bits per heavy atom. The summed E-state index contributed by atoms with van der Waals surface area (Å²) >= 11 is 0. The molecule has 0 unspecified atom stereocenters. The number of halogens is 2. The van der Waals surface area contributed by atoms with E-state index in [9.17, 15) is 8.78 Å². The smallest absolute Gasteiger partial charge is 0.387 e. The average Bonchev–Trinajstić information content (AvgIpc) is 3.03. The van der Waals surface area contributed by atoms with Gasteiger partial charge in [0.2, 0.25) is 0 Å². The first-order chi connectivity index (χ1) is 13.0. The lowest BCUT2D eigenvalue weighted by atomic mass is 9.96. The fourth-order valence-corrected chi connectivity index (χ4v) is 3.76. The molecule has 2 heterocycles. The van der Waals surface area contributed by atoms with Crippen LogP contribution in [0.3, 0.4) is 0 Å². The maximum Gasteiger partial charge on any atom is 0.387 e. The molecule has 3 rings (SSSR count). The molecular formula is C21H28F2N2O2. The number of aryl methyl sites for hydroxylation is 1. The van der Waals surface area contributed by atoms with Crippen molar-refractivity contribution in [3.05, 3.63) is 53.5 Å². The van der Waals surface area contributed by atoms with Crippen molar-refractivity contribution in [1.82, 2.24) is 9.80 Å². The van der Waals surface area contributed by atoms with Crippen LogP contribution in [-0.2, 0) is 13.1 Å². The highest BCUT2D eigenvalue weighted by Crippen LogP contribution is 2.24. The molecular weight excluding hydrogens is 350 g/mol. The monoisotopic (exact) mass is 378 g/mol. The predicted molar refractivity (Wildman–Crippen MR) is 101 cm³/mol. The fourth-order valence-electron chi connectivity index (χ4n) is 3.76. The van der Waals surface area contributed by atoms with Gasteiger partial charge >= 0.3 is 6.61 Å². The minimum atomic E-state index is -2.79. The average molecular weight is 378 g/mol. The summed E-state index contributed by atoms with van der Waals surface area (Å²) in [6, 6.07) is 11.1. The maximum atomic E-state index is 12.6. The number of likely N-dealkylation sites (tertiary alicyclic amines) is 1. The third-order valence-corrected chi connectivity index (χ3v) is 5.08. The number of nitrogens with zero attached hydrogens (tertiary/aromatic N) is 2. The summed E-state index contributed by atoms with van der Waals surface area (Å²) in [5.74, 6) is 2.87. The zero-order valence-corrected chi connectivity index (χ0v) is 16.0. The highest BCUT2D eigenvalue weighted by Gasteiger charge is 2.21. The molecule has 0 radical (unpaired) electrons. The van der Waals surface area contributed by atoms with Gasteiger partial charge in [-0.2, -0.15) is 8.78 Å². The molecule has 0 spiro atoms. The van der Waals surface area contributed by atoms with Crippen LogP contribution in [0.25, 0.3) is 0 Å². The van der Waals surface area contributed by atoms with Crippen molar-refractivity contribution in [2.24, 2.45) is 5.92 Å². The Hall–Kier alpha value is -1.92. The Bertz CT molecular complexity index is 712. The maximum absolute atomic E-state index is 12.6. The fraction of sp³-hybridized carbons (Fsp3) is 0.524. The van der Waals surface area contributed by atoms with Gasteiger partial charge in [-0.3, -0.25) is 4.90 Å². The second kappa shape index (κ2) is 9.33. The van der Waals surface area contributed by atoms with Gasteiger partial charge in [0.15, 0.2) is 0 Å². The lowest BCUT2D eigenvalue weighted by Gasteiger charge is -2.33. The molecule has 27 heavy (non-hydrogen) atoms. The molecule has 6 heteroatoms. The molecule has 0 saturated carbocycles. The molecule has 1 fully saturated rings. The van der Waals surface area contributed by atoms with Gasteiger partial charge < -0.3 is 14.1 Å². The second-order valence-corrected chi connectivity index (χ2v) is 7.41. The van der Waals surface area contributed by atoms with E-state index in [4.69, 9.17) is 4.42 Å². The third-order valence-electron chi connectivity index (χ3n) is 5.08. The number of ether oxygens (including phenoxy) is 1. The first-order valence-electron chi connectivity index (χ1n) is 9.48. The van der Waals surface area contributed by atoms with Crippen molar-refractivity contribution in [3.8, 4) is 5.75 Å². The van der Waals surface area contributed by atoms with Crippen molar-refractivity contribution in [2.75, 3.05) is 26.7 Å². The minimum Gasteiger partial charge on any atom is -0.465 e.